The van der Waals surface area contributed by atoms with Crippen molar-refractivity contribution in [1.29, 1.82) is 0 Å². The van der Waals surface area contributed by atoms with Crippen LogP contribution in [0.5, 0.6) is 0 Å². The standard InChI is InChI=1S/C9H13FO2/c10-9(8(12)4-7-11)5-2-1-3-6-9/h4,7,12H,1-3,5-6H2/b8-4-. The van der Waals surface area contributed by atoms with Crippen molar-refractivity contribution in [2.24, 2.45) is 0 Å². The molecule has 0 bridgehead atoms. The van der Waals surface area contributed by atoms with Crippen LogP contribution in [0.3, 0.4) is 0 Å². The molecule has 0 unspecified atom stereocenters. The molecule has 68 valence electrons. The number of alkyl halides is 1. The number of hydrogen-bond acceptors (Lipinski definition) is 2. The van der Waals surface area contributed by atoms with Gasteiger partial charge in [0, 0.05) is 6.08 Å². The molecule has 1 saturated carbocycles. The minimum atomic E-state index is -1.63. The molecule has 0 amide bonds. The van der Waals surface area contributed by atoms with Crippen molar-refractivity contribution in [2.75, 3.05) is 0 Å². The first-order valence-electron chi connectivity index (χ1n) is 4.23. The van der Waals surface area contributed by atoms with E-state index in [4.69, 9.17) is 0 Å². The largest absolute Gasteiger partial charge is 0.509 e. The molecule has 0 aromatic heterocycles. The van der Waals surface area contributed by atoms with E-state index in [1.54, 1.807) is 0 Å². The molecule has 0 aromatic rings. The van der Waals surface area contributed by atoms with Gasteiger partial charge >= 0.3 is 0 Å². The molecule has 1 aliphatic rings. The lowest BCUT2D eigenvalue weighted by molar-refractivity contribution is -0.104. The van der Waals surface area contributed by atoms with Crippen LogP contribution in [0.1, 0.15) is 32.1 Å². The molecule has 2 nitrogen and oxygen atoms in total. The normalized spacial score (nSPS) is 23.6. The van der Waals surface area contributed by atoms with Gasteiger partial charge in [-0.15, -0.1) is 0 Å². The number of aldehydes is 1. The predicted octanol–water partition coefficient (Wildman–Crippen LogP) is 2.30. The van der Waals surface area contributed by atoms with Gasteiger partial charge in [-0.05, 0) is 25.7 Å². The van der Waals surface area contributed by atoms with Crippen LogP contribution in [0, 0.1) is 0 Å². The molecule has 0 spiro atoms. The molecule has 0 radical (unpaired) electrons. The number of rotatable bonds is 2. The van der Waals surface area contributed by atoms with E-state index in [0.717, 1.165) is 25.3 Å². The Morgan fingerprint density at radius 2 is 1.92 bits per heavy atom. The van der Waals surface area contributed by atoms with E-state index in [1.807, 2.05) is 0 Å². The van der Waals surface area contributed by atoms with Crippen molar-refractivity contribution >= 4 is 6.29 Å². The van der Waals surface area contributed by atoms with Gasteiger partial charge < -0.3 is 5.11 Å². The van der Waals surface area contributed by atoms with E-state index in [9.17, 15) is 14.3 Å². The first kappa shape index (κ1) is 9.23. The maximum absolute atomic E-state index is 13.7. The second kappa shape index (κ2) is 3.70. The number of carbonyl (C=O) groups is 1. The summed E-state index contributed by atoms with van der Waals surface area (Å²) < 4.78 is 13.7. The van der Waals surface area contributed by atoms with E-state index in [1.165, 1.54) is 0 Å². The van der Waals surface area contributed by atoms with Crippen LogP contribution < -0.4 is 0 Å². The molecule has 1 aliphatic carbocycles. The van der Waals surface area contributed by atoms with Gasteiger partial charge in [0.25, 0.3) is 0 Å². The van der Waals surface area contributed by atoms with E-state index in [2.05, 4.69) is 0 Å². The Morgan fingerprint density at radius 3 is 2.42 bits per heavy atom. The maximum atomic E-state index is 13.7. The molecule has 1 rings (SSSR count). The van der Waals surface area contributed by atoms with Crippen molar-refractivity contribution < 1.29 is 14.3 Å². The lowest BCUT2D eigenvalue weighted by atomic mass is 9.85. The fraction of sp³-hybridized carbons (Fsp3) is 0.667. The van der Waals surface area contributed by atoms with Crippen LogP contribution in [0.2, 0.25) is 0 Å². The Labute approximate surface area is 71.1 Å². The molecule has 12 heavy (non-hydrogen) atoms. The second-order valence-corrected chi connectivity index (χ2v) is 3.21. The summed E-state index contributed by atoms with van der Waals surface area (Å²) in [6.45, 7) is 0. The molecule has 0 saturated heterocycles. The fourth-order valence-corrected chi connectivity index (χ4v) is 1.58. The molecule has 0 atom stereocenters. The van der Waals surface area contributed by atoms with Crippen molar-refractivity contribution in [2.45, 2.75) is 37.8 Å². The molecule has 0 aliphatic heterocycles. The van der Waals surface area contributed by atoms with Gasteiger partial charge in [0.2, 0.25) is 0 Å². The second-order valence-electron chi connectivity index (χ2n) is 3.21. The molecular weight excluding hydrogens is 159 g/mol. The Kier molecular flexibility index (Phi) is 2.84. The Bertz CT molecular complexity index is 193. The first-order chi connectivity index (χ1) is 5.69. The van der Waals surface area contributed by atoms with Crippen molar-refractivity contribution in [3.05, 3.63) is 11.8 Å². The number of hydrogen-bond donors (Lipinski definition) is 1. The zero-order valence-electron chi connectivity index (χ0n) is 6.92. The van der Waals surface area contributed by atoms with E-state index < -0.39 is 11.4 Å². The van der Waals surface area contributed by atoms with Gasteiger partial charge in [-0.3, -0.25) is 4.79 Å². The van der Waals surface area contributed by atoms with Crippen LogP contribution in [0.15, 0.2) is 11.8 Å². The summed E-state index contributed by atoms with van der Waals surface area (Å²) in [6, 6.07) is 0. The number of halogens is 1. The highest BCUT2D eigenvalue weighted by atomic mass is 19.1. The third-order valence-corrected chi connectivity index (χ3v) is 2.33. The number of carbonyl (C=O) groups excluding carboxylic acids is 1. The average molecular weight is 172 g/mol. The average Bonchev–Trinajstić information content (AvgIpc) is 2.06. The highest BCUT2D eigenvalue weighted by Gasteiger charge is 2.35. The molecule has 1 N–H and O–H groups in total. The van der Waals surface area contributed by atoms with Crippen LogP contribution >= 0.6 is 0 Å². The highest BCUT2D eigenvalue weighted by molar-refractivity contribution is 5.66. The van der Waals surface area contributed by atoms with Gasteiger partial charge in [0.1, 0.15) is 12.0 Å². The lowest BCUT2D eigenvalue weighted by Crippen LogP contribution is -2.28. The summed E-state index contributed by atoms with van der Waals surface area (Å²) in [5, 5.41) is 9.19. The Morgan fingerprint density at radius 1 is 1.33 bits per heavy atom. The van der Waals surface area contributed by atoms with Crippen LogP contribution in [-0.4, -0.2) is 17.1 Å². The highest BCUT2D eigenvalue weighted by Crippen LogP contribution is 2.36. The monoisotopic (exact) mass is 172 g/mol. The van der Waals surface area contributed by atoms with Crippen molar-refractivity contribution in [3.63, 3.8) is 0 Å². The van der Waals surface area contributed by atoms with E-state index in [-0.39, 0.29) is 0 Å². The van der Waals surface area contributed by atoms with Gasteiger partial charge in [0.05, 0.1) is 0 Å². The molecule has 1 fully saturated rings. The molecular formula is C9H13FO2. The summed E-state index contributed by atoms with van der Waals surface area (Å²) in [6.07, 6.45) is 4.59. The zero-order chi connectivity index (χ0) is 9.03. The van der Waals surface area contributed by atoms with Gasteiger partial charge in [0.15, 0.2) is 5.67 Å². The van der Waals surface area contributed by atoms with E-state index >= 15 is 0 Å². The zero-order valence-corrected chi connectivity index (χ0v) is 6.92. The quantitative estimate of drug-likeness (QED) is 0.394. The molecule has 3 heteroatoms. The summed E-state index contributed by atoms with van der Waals surface area (Å²) in [7, 11) is 0. The third kappa shape index (κ3) is 1.84. The van der Waals surface area contributed by atoms with Crippen molar-refractivity contribution in [1.82, 2.24) is 0 Å². The number of aliphatic hydroxyl groups excluding tert-OH is 1. The SMILES string of the molecule is O=C/C=C(\O)C1(F)CCCCC1. The molecule has 0 aromatic carbocycles. The van der Waals surface area contributed by atoms with Crippen LogP contribution in [-0.2, 0) is 4.79 Å². The maximum Gasteiger partial charge on any atom is 0.167 e. The summed E-state index contributed by atoms with van der Waals surface area (Å²) >= 11 is 0. The summed E-state index contributed by atoms with van der Waals surface area (Å²) in [5.41, 5.74) is -1.63. The number of aliphatic hydroxyl groups is 1. The third-order valence-electron chi connectivity index (χ3n) is 2.33. The first-order valence-corrected chi connectivity index (χ1v) is 4.23. The van der Waals surface area contributed by atoms with Gasteiger partial charge in [-0.1, -0.05) is 6.42 Å². The van der Waals surface area contributed by atoms with Crippen LogP contribution in [0.4, 0.5) is 4.39 Å². The summed E-state index contributed by atoms with van der Waals surface area (Å²) in [4.78, 5) is 10.00. The van der Waals surface area contributed by atoms with Gasteiger partial charge in [-0.2, -0.15) is 0 Å². The summed E-state index contributed by atoms with van der Waals surface area (Å²) in [5.74, 6) is -0.405. The van der Waals surface area contributed by atoms with Gasteiger partial charge in [-0.25, -0.2) is 4.39 Å². The predicted molar refractivity (Wildman–Crippen MR) is 43.7 cm³/mol. The topological polar surface area (TPSA) is 37.3 Å². The Hall–Kier alpha value is -0.860. The Balaban J connectivity index is 2.68. The minimum Gasteiger partial charge on any atom is -0.509 e. The van der Waals surface area contributed by atoms with E-state index in [0.29, 0.717) is 19.1 Å². The fourth-order valence-electron chi connectivity index (χ4n) is 1.58. The molecule has 0 heterocycles. The lowest BCUT2D eigenvalue weighted by Gasteiger charge is -2.28. The van der Waals surface area contributed by atoms with Crippen molar-refractivity contribution in [3.8, 4) is 0 Å². The smallest absolute Gasteiger partial charge is 0.167 e. The number of allylic oxidation sites excluding steroid dienone is 2. The van der Waals surface area contributed by atoms with Crippen LogP contribution in [0.25, 0.3) is 0 Å². The minimum absolute atomic E-state index is 0.336.